The second-order valence-electron chi connectivity index (χ2n) is 5.01. The number of carbonyl (C=O) groups excluding carboxylic acids is 1. The molecule has 2 aromatic heterocycles. The third-order valence-corrected chi connectivity index (χ3v) is 3.96. The van der Waals surface area contributed by atoms with E-state index < -0.39 is 0 Å². The van der Waals surface area contributed by atoms with E-state index in [1.807, 2.05) is 19.5 Å². The lowest BCUT2D eigenvalue weighted by molar-refractivity contribution is -0.121. The zero-order valence-electron chi connectivity index (χ0n) is 12.2. The molecule has 0 aliphatic rings. The number of amides is 1. The number of hydrogen-bond acceptors (Lipinski definition) is 4. The summed E-state index contributed by atoms with van der Waals surface area (Å²) in [6.45, 7) is 0.563. The number of carbonyl (C=O) groups is 1. The van der Waals surface area contributed by atoms with Gasteiger partial charge >= 0.3 is 0 Å². The molecule has 0 saturated carbocycles. The average molecular weight is 305 g/mol. The van der Waals surface area contributed by atoms with Gasteiger partial charge in [0.15, 0.2) is 0 Å². The second-order valence-corrected chi connectivity index (χ2v) is 5.79. The van der Waals surface area contributed by atoms with E-state index in [0.717, 1.165) is 0 Å². The minimum Gasteiger partial charge on any atom is -0.353 e. The van der Waals surface area contributed by atoms with Crippen LogP contribution in [0.1, 0.15) is 11.6 Å². The van der Waals surface area contributed by atoms with Gasteiger partial charge in [0.25, 0.3) is 5.56 Å². The molecule has 0 spiro atoms. The summed E-state index contributed by atoms with van der Waals surface area (Å²) in [6, 6.07) is 7.04. The van der Waals surface area contributed by atoms with Crippen molar-refractivity contribution in [1.29, 1.82) is 0 Å². The summed E-state index contributed by atoms with van der Waals surface area (Å²) in [4.78, 5) is 25.6. The first kappa shape index (κ1) is 15.5. The van der Waals surface area contributed by atoms with Gasteiger partial charge in [-0.1, -0.05) is 6.07 Å². The molecule has 1 N–H and O–H groups in total. The van der Waals surface area contributed by atoms with Crippen molar-refractivity contribution in [1.82, 2.24) is 14.8 Å². The summed E-state index contributed by atoms with van der Waals surface area (Å²) >= 11 is 1.64. The Morgan fingerprint density at radius 1 is 1.38 bits per heavy atom. The quantitative estimate of drug-likeness (QED) is 0.876. The molecular weight excluding hydrogens is 286 g/mol. The van der Waals surface area contributed by atoms with Crippen molar-refractivity contribution in [3.8, 4) is 0 Å². The Labute approximate surface area is 127 Å². The Bertz CT molecular complexity index is 634. The Balaban J connectivity index is 1.94. The van der Waals surface area contributed by atoms with Gasteiger partial charge < -0.3 is 14.8 Å². The predicted molar refractivity (Wildman–Crippen MR) is 84.5 cm³/mol. The largest absolute Gasteiger partial charge is 0.353 e. The molecule has 2 heterocycles. The second kappa shape index (κ2) is 7.19. The van der Waals surface area contributed by atoms with E-state index in [2.05, 4.69) is 21.7 Å². The van der Waals surface area contributed by atoms with Gasteiger partial charge in [-0.05, 0) is 42.6 Å². The zero-order chi connectivity index (χ0) is 15.2. The van der Waals surface area contributed by atoms with Gasteiger partial charge in [0.2, 0.25) is 5.91 Å². The van der Waals surface area contributed by atoms with E-state index >= 15 is 0 Å². The highest BCUT2D eigenvalue weighted by molar-refractivity contribution is 7.07. The molecule has 0 aromatic carbocycles. The van der Waals surface area contributed by atoms with E-state index in [-0.39, 0.29) is 24.1 Å². The van der Waals surface area contributed by atoms with E-state index in [4.69, 9.17) is 0 Å². The summed E-state index contributed by atoms with van der Waals surface area (Å²) in [5, 5.41) is 7.00. The Morgan fingerprint density at radius 3 is 2.81 bits per heavy atom. The topological polar surface area (TPSA) is 54.3 Å². The third kappa shape index (κ3) is 4.27. The maximum absolute atomic E-state index is 12.0. The van der Waals surface area contributed by atoms with Crippen molar-refractivity contribution in [2.45, 2.75) is 12.6 Å². The van der Waals surface area contributed by atoms with Crippen LogP contribution in [0.2, 0.25) is 0 Å². The van der Waals surface area contributed by atoms with Gasteiger partial charge in [0.05, 0.1) is 6.04 Å². The average Bonchev–Trinajstić information content (AvgIpc) is 2.95. The maximum atomic E-state index is 12.0. The van der Waals surface area contributed by atoms with Gasteiger partial charge in [0.1, 0.15) is 6.54 Å². The number of thiophene rings is 1. The van der Waals surface area contributed by atoms with Gasteiger partial charge in [-0.2, -0.15) is 11.3 Å². The van der Waals surface area contributed by atoms with Crippen LogP contribution in [0.4, 0.5) is 0 Å². The van der Waals surface area contributed by atoms with Crippen molar-refractivity contribution >= 4 is 17.2 Å². The molecule has 0 unspecified atom stereocenters. The first-order valence-electron chi connectivity index (χ1n) is 6.68. The number of nitrogens with zero attached hydrogens (tertiary/aromatic N) is 2. The number of likely N-dealkylation sites (N-methyl/N-ethyl adjacent to an activating group) is 1. The van der Waals surface area contributed by atoms with Gasteiger partial charge in [-0.15, -0.1) is 0 Å². The van der Waals surface area contributed by atoms with Crippen molar-refractivity contribution in [2.75, 3.05) is 20.6 Å². The van der Waals surface area contributed by atoms with Crippen LogP contribution in [-0.4, -0.2) is 36.0 Å². The summed E-state index contributed by atoms with van der Waals surface area (Å²) in [6.07, 6.45) is 1.62. The standard InChI is InChI=1S/C15H19N3O2S/c1-17(2)13(12-6-8-21-11-12)9-16-14(19)10-18-7-4-3-5-15(18)20/h3-8,11,13H,9-10H2,1-2H3,(H,16,19)/t13-/m1/s1. The van der Waals surface area contributed by atoms with E-state index in [9.17, 15) is 9.59 Å². The van der Waals surface area contributed by atoms with Gasteiger partial charge in [-0.3, -0.25) is 9.59 Å². The molecule has 1 atom stereocenters. The normalized spacial score (nSPS) is 12.3. The Hall–Kier alpha value is -1.92. The molecule has 0 aliphatic carbocycles. The van der Waals surface area contributed by atoms with Crippen LogP contribution in [0.25, 0.3) is 0 Å². The molecule has 112 valence electrons. The highest BCUT2D eigenvalue weighted by Gasteiger charge is 2.15. The lowest BCUT2D eigenvalue weighted by atomic mass is 10.1. The van der Waals surface area contributed by atoms with Crippen LogP contribution in [0.5, 0.6) is 0 Å². The predicted octanol–water partition coefficient (Wildman–Crippen LogP) is 1.33. The minimum atomic E-state index is -0.172. The maximum Gasteiger partial charge on any atom is 0.250 e. The van der Waals surface area contributed by atoms with Crippen LogP contribution in [-0.2, 0) is 11.3 Å². The molecule has 5 nitrogen and oxygen atoms in total. The fourth-order valence-electron chi connectivity index (χ4n) is 2.08. The van der Waals surface area contributed by atoms with Crippen molar-refractivity contribution < 1.29 is 4.79 Å². The van der Waals surface area contributed by atoms with Gasteiger partial charge in [-0.25, -0.2) is 0 Å². The molecule has 0 radical (unpaired) electrons. The Morgan fingerprint density at radius 2 is 2.19 bits per heavy atom. The number of hydrogen-bond donors (Lipinski definition) is 1. The first-order valence-corrected chi connectivity index (χ1v) is 7.63. The molecule has 0 aliphatic heterocycles. The fourth-order valence-corrected chi connectivity index (χ4v) is 2.78. The summed E-state index contributed by atoms with van der Waals surface area (Å²) in [5.41, 5.74) is 1.01. The molecule has 21 heavy (non-hydrogen) atoms. The smallest absolute Gasteiger partial charge is 0.250 e. The number of pyridine rings is 1. The highest BCUT2D eigenvalue weighted by atomic mass is 32.1. The third-order valence-electron chi connectivity index (χ3n) is 3.26. The molecule has 0 bridgehead atoms. The van der Waals surface area contributed by atoms with Crippen molar-refractivity contribution in [2.24, 2.45) is 0 Å². The lowest BCUT2D eigenvalue weighted by Crippen LogP contribution is -2.37. The monoisotopic (exact) mass is 305 g/mol. The minimum absolute atomic E-state index is 0.0451. The van der Waals surface area contributed by atoms with Crippen molar-refractivity contribution in [3.63, 3.8) is 0 Å². The van der Waals surface area contributed by atoms with Crippen LogP contribution in [0.3, 0.4) is 0 Å². The summed E-state index contributed by atoms with van der Waals surface area (Å²) in [5.74, 6) is -0.162. The van der Waals surface area contributed by atoms with Crippen LogP contribution in [0.15, 0.2) is 46.0 Å². The van der Waals surface area contributed by atoms with E-state index in [1.165, 1.54) is 16.2 Å². The molecule has 0 fully saturated rings. The molecule has 0 saturated heterocycles. The Kier molecular flexibility index (Phi) is 5.30. The fraction of sp³-hybridized carbons (Fsp3) is 0.333. The lowest BCUT2D eigenvalue weighted by Gasteiger charge is -2.24. The van der Waals surface area contributed by atoms with Crippen molar-refractivity contribution in [3.05, 3.63) is 57.1 Å². The van der Waals surface area contributed by atoms with Crippen LogP contribution < -0.4 is 10.9 Å². The number of rotatable bonds is 6. The first-order chi connectivity index (χ1) is 10.1. The number of nitrogens with one attached hydrogen (secondary N) is 1. The number of aromatic nitrogens is 1. The highest BCUT2D eigenvalue weighted by Crippen LogP contribution is 2.19. The van der Waals surface area contributed by atoms with E-state index in [1.54, 1.807) is 29.7 Å². The van der Waals surface area contributed by atoms with Crippen LogP contribution in [0, 0.1) is 0 Å². The molecule has 6 heteroatoms. The summed E-state index contributed by atoms with van der Waals surface area (Å²) < 4.78 is 1.39. The van der Waals surface area contributed by atoms with Crippen LogP contribution >= 0.6 is 11.3 Å². The SMILES string of the molecule is CN(C)[C@H](CNC(=O)Cn1ccccc1=O)c1ccsc1. The van der Waals surface area contributed by atoms with E-state index in [0.29, 0.717) is 6.54 Å². The molecular formula is C15H19N3O2S. The summed E-state index contributed by atoms with van der Waals surface area (Å²) in [7, 11) is 3.96. The molecule has 1 amide bonds. The van der Waals surface area contributed by atoms with Gasteiger partial charge in [0, 0.05) is 18.8 Å². The zero-order valence-corrected chi connectivity index (χ0v) is 13.0. The molecule has 2 aromatic rings. The molecule has 2 rings (SSSR count).